The molecule has 1 fully saturated rings. The predicted octanol–water partition coefficient (Wildman–Crippen LogP) is -0.108. The van der Waals surface area contributed by atoms with E-state index in [1.165, 1.54) is 0 Å². The second kappa shape index (κ2) is 6.22. The molecule has 0 aromatic carbocycles. The molecule has 0 bridgehead atoms. The van der Waals surface area contributed by atoms with Gasteiger partial charge >= 0.3 is 13.1 Å². The van der Waals surface area contributed by atoms with Crippen molar-refractivity contribution in [2.24, 2.45) is 11.8 Å². The summed E-state index contributed by atoms with van der Waals surface area (Å²) in [5, 5.41) is 26.5. The average molecular weight is 229 g/mol. The number of aliphatic carboxylic acids is 1. The van der Waals surface area contributed by atoms with E-state index in [-0.39, 0.29) is 11.8 Å². The van der Waals surface area contributed by atoms with Gasteiger partial charge < -0.3 is 20.1 Å². The number of nitrogens with zero attached hydrogens (tertiary/aromatic N) is 1. The van der Waals surface area contributed by atoms with E-state index in [0.717, 1.165) is 19.5 Å². The summed E-state index contributed by atoms with van der Waals surface area (Å²) in [5.74, 6) is -0.877. The Balaban J connectivity index is 2.40. The first-order valence-corrected chi connectivity index (χ1v) is 5.85. The van der Waals surface area contributed by atoms with E-state index in [0.29, 0.717) is 19.3 Å². The molecule has 6 heteroatoms. The van der Waals surface area contributed by atoms with Crippen molar-refractivity contribution in [1.82, 2.24) is 4.90 Å². The highest BCUT2D eigenvalue weighted by Gasteiger charge is 2.36. The molecule has 5 nitrogen and oxygen atoms in total. The minimum Gasteiger partial charge on any atom is -0.481 e. The summed E-state index contributed by atoms with van der Waals surface area (Å²) in [5.41, 5.74) is 0. The lowest BCUT2D eigenvalue weighted by Gasteiger charge is -2.14. The topological polar surface area (TPSA) is 81.0 Å². The van der Waals surface area contributed by atoms with Gasteiger partial charge in [-0.15, -0.1) is 0 Å². The molecular weight excluding hydrogens is 209 g/mol. The monoisotopic (exact) mass is 229 g/mol. The lowest BCUT2D eigenvalue weighted by molar-refractivity contribution is -0.142. The standard InChI is InChI=1S/C10H20BNO4/c1-2-12-6-8(4-3-5-11(15)16)9(7-12)10(13)14/h8-9,15-16H,2-7H2,1H3,(H,13,14)/t8-,9+/m0/s1. The molecule has 92 valence electrons. The van der Waals surface area contributed by atoms with Crippen LogP contribution in [0.15, 0.2) is 0 Å². The number of carboxylic acids is 1. The van der Waals surface area contributed by atoms with Crippen molar-refractivity contribution in [1.29, 1.82) is 0 Å². The van der Waals surface area contributed by atoms with Gasteiger partial charge in [-0.3, -0.25) is 4.79 Å². The van der Waals surface area contributed by atoms with Crippen LogP contribution in [0.2, 0.25) is 6.32 Å². The molecule has 0 saturated carbocycles. The fourth-order valence-corrected chi connectivity index (χ4v) is 2.35. The maximum atomic E-state index is 11.0. The first kappa shape index (κ1) is 13.5. The van der Waals surface area contributed by atoms with Crippen molar-refractivity contribution in [3.8, 4) is 0 Å². The molecule has 0 amide bonds. The summed E-state index contributed by atoms with van der Waals surface area (Å²) >= 11 is 0. The smallest absolute Gasteiger partial charge is 0.451 e. The van der Waals surface area contributed by atoms with E-state index in [4.69, 9.17) is 15.2 Å². The summed E-state index contributed by atoms with van der Waals surface area (Å²) < 4.78 is 0. The Morgan fingerprint density at radius 1 is 1.44 bits per heavy atom. The summed E-state index contributed by atoms with van der Waals surface area (Å²) in [6.45, 7) is 4.34. The molecule has 1 saturated heterocycles. The summed E-state index contributed by atoms with van der Waals surface area (Å²) in [6.07, 6.45) is 1.75. The Hall–Kier alpha value is -0.585. The number of hydrogen-bond acceptors (Lipinski definition) is 4. The molecule has 1 aliphatic rings. The van der Waals surface area contributed by atoms with E-state index in [9.17, 15) is 4.79 Å². The van der Waals surface area contributed by atoms with Gasteiger partial charge in [-0.2, -0.15) is 0 Å². The quantitative estimate of drug-likeness (QED) is 0.554. The average Bonchev–Trinajstić information content (AvgIpc) is 2.60. The third-order valence-electron chi connectivity index (χ3n) is 3.32. The molecule has 1 rings (SSSR count). The van der Waals surface area contributed by atoms with E-state index < -0.39 is 13.1 Å². The van der Waals surface area contributed by atoms with Crippen molar-refractivity contribution in [3.05, 3.63) is 0 Å². The summed E-state index contributed by atoms with van der Waals surface area (Å²) in [6, 6.07) is 0. The zero-order chi connectivity index (χ0) is 12.1. The molecule has 0 aliphatic carbocycles. The van der Waals surface area contributed by atoms with Crippen LogP contribution in [0, 0.1) is 11.8 Å². The van der Waals surface area contributed by atoms with Crippen LogP contribution in [-0.2, 0) is 4.79 Å². The Morgan fingerprint density at radius 3 is 2.62 bits per heavy atom. The maximum absolute atomic E-state index is 11.0. The minimum atomic E-state index is -1.27. The highest BCUT2D eigenvalue weighted by Crippen LogP contribution is 2.28. The Kier molecular flexibility index (Phi) is 5.24. The van der Waals surface area contributed by atoms with Crippen LogP contribution in [0.5, 0.6) is 0 Å². The highest BCUT2D eigenvalue weighted by molar-refractivity contribution is 6.40. The molecule has 3 N–H and O–H groups in total. The fourth-order valence-electron chi connectivity index (χ4n) is 2.35. The largest absolute Gasteiger partial charge is 0.481 e. The SMILES string of the molecule is CCN1C[C@H](CCCB(O)O)[C@H](C(=O)O)C1. The van der Waals surface area contributed by atoms with Gasteiger partial charge in [0, 0.05) is 13.1 Å². The van der Waals surface area contributed by atoms with Gasteiger partial charge in [0.25, 0.3) is 0 Å². The second-order valence-corrected chi connectivity index (χ2v) is 4.47. The van der Waals surface area contributed by atoms with Crippen LogP contribution in [0.25, 0.3) is 0 Å². The number of rotatable bonds is 6. The van der Waals surface area contributed by atoms with Crippen LogP contribution in [0.4, 0.5) is 0 Å². The first-order chi connectivity index (χ1) is 7.54. The van der Waals surface area contributed by atoms with E-state index in [1.54, 1.807) is 0 Å². The third kappa shape index (κ3) is 3.77. The van der Waals surface area contributed by atoms with E-state index in [1.807, 2.05) is 6.92 Å². The van der Waals surface area contributed by atoms with Gasteiger partial charge in [0.1, 0.15) is 0 Å². The minimum absolute atomic E-state index is 0.149. The number of hydrogen-bond donors (Lipinski definition) is 3. The van der Waals surface area contributed by atoms with Gasteiger partial charge in [-0.25, -0.2) is 0 Å². The zero-order valence-corrected chi connectivity index (χ0v) is 9.67. The van der Waals surface area contributed by atoms with E-state index in [2.05, 4.69) is 4.90 Å². The molecule has 0 radical (unpaired) electrons. The lowest BCUT2D eigenvalue weighted by Crippen LogP contribution is -2.23. The van der Waals surface area contributed by atoms with Crippen LogP contribution < -0.4 is 0 Å². The van der Waals surface area contributed by atoms with Crippen molar-refractivity contribution in [3.63, 3.8) is 0 Å². The maximum Gasteiger partial charge on any atom is 0.451 e. The molecule has 0 spiro atoms. The van der Waals surface area contributed by atoms with E-state index >= 15 is 0 Å². The molecule has 0 unspecified atom stereocenters. The highest BCUT2D eigenvalue weighted by atomic mass is 16.4. The van der Waals surface area contributed by atoms with Crippen LogP contribution >= 0.6 is 0 Å². The lowest BCUT2D eigenvalue weighted by atomic mass is 9.80. The molecule has 1 heterocycles. The number of carbonyl (C=O) groups is 1. The zero-order valence-electron chi connectivity index (χ0n) is 9.67. The van der Waals surface area contributed by atoms with Crippen molar-refractivity contribution in [2.45, 2.75) is 26.1 Å². The number of carboxylic acid groups (broad SMARTS) is 1. The summed E-state index contributed by atoms with van der Waals surface area (Å²) in [7, 11) is -1.27. The van der Waals surface area contributed by atoms with Gasteiger partial charge in [0.15, 0.2) is 0 Å². The van der Waals surface area contributed by atoms with Crippen LogP contribution in [-0.4, -0.2) is 52.8 Å². The Bertz CT molecular complexity index is 237. The van der Waals surface area contributed by atoms with Gasteiger partial charge in [-0.05, 0) is 25.2 Å². The Morgan fingerprint density at radius 2 is 2.12 bits per heavy atom. The molecule has 16 heavy (non-hydrogen) atoms. The second-order valence-electron chi connectivity index (χ2n) is 4.47. The third-order valence-corrected chi connectivity index (χ3v) is 3.32. The normalized spacial score (nSPS) is 25.9. The predicted molar refractivity (Wildman–Crippen MR) is 61.0 cm³/mol. The number of likely N-dealkylation sites (tertiary alicyclic amines) is 1. The molecular formula is C10H20BNO4. The van der Waals surface area contributed by atoms with Crippen molar-refractivity contribution >= 4 is 13.1 Å². The first-order valence-electron chi connectivity index (χ1n) is 5.85. The molecule has 1 aliphatic heterocycles. The van der Waals surface area contributed by atoms with Gasteiger partial charge in [0.2, 0.25) is 0 Å². The van der Waals surface area contributed by atoms with Crippen LogP contribution in [0.1, 0.15) is 19.8 Å². The molecule has 0 aromatic heterocycles. The van der Waals surface area contributed by atoms with Gasteiger partial charge in [-0.1, -0.05) is 13.3 Å². The Labute approximate surface area is 96.2 Å². The van der Waals surface area contributed by atoms with Crippen molar-refractivity contribution in [2.75, 3.05) is 19.6 Å². The fraction of sp³-hybridized carbons (Fsp3) is 0.900. The summed E-state index contributed by atoms with van der Waals surface area (Å²) in [4.78, 5) is 13.2. The van der Waals surface area contributed by atoms with Gasteiger partial charge in [0.05, 0.1) is 5.92 Å². The van der Waals surface area contributed by atoms with Crippen molar-refractivity contribution < 1.29 is 19.9 Å². The molecule has 2 atom stereocenters. The molecule has 0 aromatic rings. The van der Waals surface area contributed by atoms with Crippen LogP contribution in [0.3, 0.4) is 0 Å².